The van der Waals surface area contributed by atoms with E-state index in [1.54, 1.807) is 7.11 Å². The Balaban J connectivity index is 3.00. The van der Waals surface area contributed by atoms with Gasteiger partial charge in [0, 0.05) is 4.47 Å². The van der Waals surface area contributed by atoms with Crippen LogP contribution < -0.4 is 15.8 Å². The molecule has 0 heterocycles. The van der Waals surface area contributed by atoms with Crippen molar-refractivity contribution < 1.29 is 9.53 Å². The molecule has 100 valence electrons. The second kappa shape index (κ2) is 6.20. The van der Waals surface area contributed by atoms with Crippen LogP contribution in [-0.2, 0) is 4.79 Å². The lowest BCUT2D eigenvalue weighted by molar-refractivity contribution is -0.118. The summed E-state index contributed by atoms with van der Waals surface area (Å²) in [7, 11) is 1.57. The number of anilines is 1. The zero-order valence-electron chi connectivity index (χ0n) is 11.1. The Morgan fingerprint density at radius 2 is 2.06 bits per heavy atom. The number of rotatable bonds is 4. The van der Waals surface area contributed by atoms with Crippen LogP contribution in [0.25, 0.3) is 0 Å². The van der Waals surface area contributed by atoms with Crippen molar-refractivity contribution in [2.75, 3.05) is 12.4 Å². The number of amides is 1. The Morgan fingerprint density at radius 3 is 2.56 bits per heavy atom. The van der Waals surface area contributed by atoms with E-state index in [1.807, 2.05) is 32.9 Å². The van der Waals surface area contributed by atoms with Crippen molar-refractivity contribution in [2.24, 2.45) is 11.7 Å². The number of nitrogens with one attached hydrogen (secondary N) is 1. The fourth-order valence-electron chi connectivity index (χ4n) is 1.54. The topological polar surface area (TPSA) is 64.3 Å². The van der Waals surface area contributed by atoms with Crippen LogP contribution in [0, 0.1) is 12.8 Å². The van der Waals surface area contributed by atoms with Crippen molar-refractivity contribution in [1.29, 1.82) is 0 Å². The molecule has 18 heavy (non-hydrogen) atoms. The number of carbonyl (C=O) groups is 1. The van der Waals surface area contributed by atoms with E-state index in [9.17, 15) is 4.79 Å². The van der Waals surface area contributed by atoms with Crippen LogP contribution in [0.1, 0.15) is 19.4 Å². The van der Waals surface area contributed by atoms with Gasteiger partial charge in [0.05, 0.1) is 18.8 Å². The molecule has 0 saturated heterocycles. The molecule has 1 amide bonds. The zero-order chi connectivity index (χ0) is 13.9. The first-order chi connectivity index (χ1) is 8.36. The van der Waals surface area contributed by atoms with Gasteiger partial charge in [-0.2, -0.15) is 0 Å². The quantitative estimate of drug-likeness (QED) is 0.898. The number of hydrogen-bond acceptors (Lipinski definition) is 3. The first kappa shape index (κ1) is 15.0. The number of halogens is 1. The molecule has 1 aromatic carbocycles. The van der Waals surface area contributed by atoms with Gasteiger partial charge in [0.25, 0.3) is 0 Å². The average molecular weight is 315 g/mol. The maximum absolute atomic E-state index is 12.0. The molecule has 0 radical (unpaired) electrons. The van der Waals surface area contributed by atoms with Crippen molar-refractivity contribution in [2.45, 2.75) is 26.8 Å². The van der Waals surface area contributed by atoms with E-state index >= 15 is 0 Å². The Hall–Kier alpha value is -1.07. The summed E-state index contributed by atoms with van der Waals surface area (Å²) in [5.74, 6) is 0.506. The normalized spacial score (nSPS) is 12.4. The highest BCUT2D eigenvalue weighted by Gasteiger charge is 2.19. The molecule has 0 aliphatic carbocycles. The Labute approximate surface area is 116 Å². The minimum Gasteiger partial charge on any atom is -0.495 e. The minimum atomic E-state index is -0.530. The van der Waals surface area contributed by atoms with Crippen molar-refractivity contribution in [3.8, 4) is 5.75 Å². The number of carbonyl (C=O) groups excluding carboxylic acids is 1. The molecule has 0 bridgehead atoms. The molecule has 0 aliphatic heterocycles. The van der Waals surface area contributed by atoms with Crippen molar-refractivity contribution in [3.63, 3.8) is 0 Å². The van der Waals surface area contributed by atoms with Crippen LogP contribution >= 0.6 is 15.9 Å². The molecule has 0 unspecified atom stereocenters. The summed E-state index contributed by atoms with van der Waals surface area (Å²) < 4.78 is 6.17. The van der Waals surface area contributed by atoms with Crippen LogP contribution in [0.2, 0.25) is 0 Å². The molecule has 0 fully saturated rings. The summed E-state index contributed by atoms with van der Waals surface area (Å²) in [6.07, 6.45) is 0. The first-order valence-corrected chi connectivity index (χ1v) is 6.56. The van der Waals surface area contributed by atoms with E-state index in [-0.39, 0.29) is 11.8 Å². The summed E-state index contributed by atoms with van der Waals surface area (Å²) in [4.78, 5) is 12.0. The predicted octanol–water partition coefficient (Wildman–Crippen LogP) is 2.69. The average Bonchev–Trinajstić information content (AvgIpc) is 2.30. The van der Waals surface area contributed by atoms with E-state index in [0.29, 0.717) is 11.4 Å². The SMILES string of the molecule is COc1cc(Br)cc(C)c1NC(=O)[C@@H](N)C(C)C. The number of nitrogens with two attached hydrogens (primary N) is 1. The molecule has 5 heteroatoms. The Bertz CT molecular complexity index is 447. The zero-order valence-corrected chi connectivity index (χ0v) is 12.7. The Morgan fingerprint density at radius 1 is 1.44 bits per heavy atom. The van der Waals surface area contributed by atoms with Gasteiger partial charge in [0.1, 0.15) is 5.75 Å². The maximum Gasteiger partial charge on any atom is 0.241 e. The van der Waals surface area contributed by atoms with E-state index in [4.69, 9.17) is 10.5 Å². The van der Waals surface area contributed by atoms with Crippen LogP contribution in [-0.4, -0.2) is 19.1 Å². The molecule has 0 aromatic heterocycles. The molecule has 0 spiro atoms. The van der Waals surface area contributed by atoms with Crippen LogP contribution in [0.4, 0.5) is 5.69 Å². The largest absolute Gasteiger partial charge is 0.495 e. The molecular weight excluding hydrogens is 296 g/mol. The first-order valence-electron chi connectivity index (χ1n) is 5.77. The second-order valence-corrected chi connectivity index (χ2v) is 5.47. The highest BCUT2D eigenvalue weighted by Crippen LogP contribution is 2.32. The number of benzene rings is 1. The molecule has 1 rings (SSSR count). The fourth-order valence-corrected chi connectivity index (χ4v) is 2.09. The highest BCUT2D eigenvalue weighted by atomic mass is 79.9. The van der Waals surface area contributed by atoms with E-state index in [2.05, 4.69) is 21.2 Å². The summed E-state index contributed by atoms with van der Waals surface area (Å²) in [5.41, 5.74) is 7.41. The van der Waals surface area contributed by atoms with Gasteiger partial charge in [-0.1, -0.05) is 29.8 Å². The van der Waals surface area contributed by atoms with Gasteiger partial charge >= 0.3 is 0 Å². The van der Waals surface area contributed by atoms with E-state index in [0.717, 1.165) is 10.0 Å². The molecule has 1 aromatic rings. The second-order valence-electron chi connectivity index (χ2n) is 4.56. The molecular formula is C13H19BrN2O2. The molecule has 1 atom stereocenters. The molecule has 0 aliphatic rings. The third kappa shape index (κ3) is 3.46. The highest BCUT2D eigenvalue weighted by molar-refractivity contribution is 9.10. The third-order valence-corrected chi connectivity index (χ3v) is 3.21. The van der Waals surface area contributed by atoms with Gasteiger partial charge in [0.2, 0.25) is 5.91 Å². The van der Waals surface area contributed by atoms with Crippen LogP contribution in [0.15, 0.2) is 16.6 Å². The maximum atomic E-state index is 12.0. The minimum absolute atomic E-state index is 0.0896. The Kier molecular flexibility index (Phi) is 5.16. The number of ether oxygens (including phenoxy) is 1. The van der Waals surface area contributed by atoms with Gasteiger partial charge in [0.15, 0.2) is 0 Å². The van der Waals surface area contributed by atoms with Crippen molar-refractivity contribution in [1.82, 2.24) is 0 Å². The fraction of sp³-hybridized carbons (Fsp3) is 0.462. The van der Waals surface area contributed by atoms with Crippen LogP contribution in [0.5, 0.6) is 5.75 Å². The van der Waals surface area contributed by atoms with Gasteiger partial charge in [-0.3, -0.25) is 4.79 Å². The van der Waals surface area contributed by atoms with Gasteiger partial charge < -0.3 is 15.8 Å². The lowest BCUT2D eigenvalue weighted by atomic mass is 10.0. The van der Waals surface area contributed by atoms with Crippen molar-refractivity contribution >= 4 is 27.5 Å². The predicted molar refractivity (Wildman–Crippen MR) is 76.9 cm³/mol. The van der Waals surface area contributed by atoms with Gasteiger partial charge in [-0.25, -0.2) is 0 Å². The van der Waals surface area contributed by atoms with Gasteiger partial charge in [-0.05, 0) is 30.5 Å². The molecule has 3 N–H and O–H groups in total. The third-order valence-electron chi connectivity index (χ3n) is 2.75. The van der Waals surface area contributed by atoms with Crippen LogP contribution in [0.3, 0.4) is 0 Å². The number of hydrogen-bond donors (Lipinski definition) is 2. The standard InChI is InChI=1S/C13H19BrN2O2/c1-7(2)11(15)13(17)16-12-8(3)5-9(14)6-10(12)18-4/h5-7,11H,15H2,1-4H3,(H,16,17)/t11-/m0/s1. The number of methoxy groups -OCH3 is 1. The van der Waals surface area contributed by atoms with Gasteiger partial charge in [-0.15, -0.1) is 0 Å². The van der Waals surface area contributed by atoms with E-state index in [1.165, 1.54) is 0 Å². The lowest BCUT2D eigenvalue weighted by Crippen LogP contribution is -2.39. The lowest BCUT2D eigenvalue weighted by Gasteiger charge is -2.18. The number of aryl methyl sites for hydroxylation is 1. The summed E-state index contributed by atoms with van der Waals surface area (Å²) in [5, 5.41) is 2.83. The molecule has 0 saturated carbocycles. The summed E-state index contributed by atoms with van der Waals surface area (Å²) >= 11 is 3.39. The monoisotopic (exact) mass is 314 g/mol. The summed E-state index contributed by atoms with van der Waals surface area (Å²) in [6, 6.07) is 3.19. The van der Waals surface area contributed by atoms with Crippen molar-refractivity contribution in [3.05, 3.63) is 22.2 Å². The molecule has 4 nitrogen and oxygen atoms in total. The van der Waals surface area contributed by atoms with E-state index < -0.39 is 6.04 Å². The smallest absolute Gasteiger partial charge is 0.241 e. The summed E-state index contributed by atoms with van der Waals surface area (Å²) in [6.45, 7) is 5.73.